The fourth-order valence-corrected chi connectivity index (χ4v) is 4.25. The molecule has 2 rings (SSSR count). The molecule has 2 atom stereocenters. The maximum absolute atomic E-state index is 11.9. The first-order chi connectivity index (χ1) is 13.8. The summed E-state index contributed by atoms with van der Waals surface area (Å²) in [6.07, 6.45) is 3.47. The summed E-state index contributed by atoms with van der Waals surface area (Å²) in [5.74, 6) is 0. The van der Waals surface area contributed by atoms with Gasteiger partial charge in [0.1, 0.15) is 12.8 Å². The summed E-state index contributed by atoms with van der Waals surface area (Å²) in [7, 11) is -3.52. The van der Waals surface area contributed by atoms with Gasteiger partial charge in [0.2, 0.25) is 0 Å². The van der Waals surface area contributed by atoms with Crippen LogP contribution in [0.25, 0.3) is 0 Å². The number of nitrogens with one attached hydrogen (secondary N) is 1. The summed E-state index contributed by atoms with van der Waals surface area (Å²) in [5, 5.41) is 0. The molecule has 1 aromatic heterocycles. The topological polar surface area (TPSA) is 169 Å². The average molecular weight is 434 g/mol. The van der Waals surface area contributed by atoms with Gasteiger partial charge in [-0.1, -0.05) is 0 Å². The first-order valence-corrected chi connectivity index (χ1v) is 11.7. The molecule has 0 amide bonds. The monoisotopic (exact) mass is 434 g/mol. The van der Waals surface area contributed by atoms with E-state index in [1.54, 1.807) is 0 Å². The number of rotatable bonds is 13. The highest BCUT2D eigenvalue weighted by Gasteiger charge is 2.38. The van der Waals surface area contributed by atoms with Crippen LogP contribution in [0.5, 0.6) is 0 Å². The summed E-state index contributed by atoms with van der Waals surface area (Å²) in [6.45, 7) is 3.22. The third kappa shape index (κ3) is 8.23. The number of H-pyrrole nitrogens is 1. The first-order valence-electron chi connectivity index (χ1n) is 9.92. The van der Waals surface area contributed by atoms with Crippen molar-refractivity contribution in [3.05, 3.63) is 33.1 Å². The molecule has 0 aliphatic carbocycles. The van der Waals surface area contributed by atoms with Gasteiger partial charge in [-0.25, -0.2) is 4.79 Å². The second-order valence-electron chi connectivity index (χ2n) is 7.12. The number of nitrogens with two attached hydrogens (primary N) is 2. The molecule has 0 unspecified atom stereocenters. The lowest BCUT2D eigenvalue weighted by molar-refractivity contribution is -0.0232. The summed E-state index contributed by atoms with van der Waals surface area (Å²) in [4.78, 5) is 47.8. The summed E-state index contributed by atoms with van der Waals surface area (Å²) in [5.41, 5.74) is 10.1. The lowest BCUT2D eigenvalue weighted by atomic mass is 10.2. The zero-order valence-corrected chi connectivity index (χ0v) is 17.5. The van der Waals surface area contributed by atoms with Gasteiger partial charge < -0.3 is 16.2 Å². The standard InChI is InChI=1S/C17H32N5O6P/c18-6-1-8-21(9-2-7-19)11-12-29(25,26)27-13-14-3-4-16(28-14)22-10-5-15(23)20-17(22)24/h5,10,14,16,25-26H,1-4,6-9,11-13,18-19H2/p+1/t14-,16+/m0/s1. The Kier molecular flexibility index (Phi) is 9.87. The molecule has 1 saturated heterocycles. The number of ether oxygens (including phenoxy) is 1. The van der Waals surface area contributed by atoms with Crippen LogP contribution in [0, 0.1) is 0 Å². The van der Waals surface area contributed by atoms with Gasteiger partial charge in [-0.3, -0.25) is 19.2 Å². The molecule has 0 bridgehead atoms. The summed E-state index contributed by atoms with van der Waals surface area (Å²) < 4.78 is 12.5. The third-order valence-corrected chi connectivity index (χ3v) is 6.12. The van der Waals surface area contributed by atoms with Gasteiger partial charge in [-0.15, -0.1) is 0 Å². The van der Waals surface area contributed by atoms with Crippen molar-refractivity contribution in [2.45, 2.75) is 38.0 Å². The summed E-state index contributed by atoms with van der Waals surface area (Å²) in [6, 6.07) is 1.26. The van der Waals surface area contributed by atoms with Crippen LogP contribution in [0.2, 0.25) is 0 Å². The lowest BCUT2D eigenvalue weighted by Gasteiger charge is -2.22. The highest BCUT2D eigenvalue weighted by atomic mass is 31.2. The van der Waals surface area contributed by atoms with E-state index in [1.807, 2.05) is 0 Å². The van der Waals surface area contributed by atoms with E-state index in [9.17, 15) is 19.4 Å². The number of aromatic amines is 1. The zero-order valence-electron chi connectivity index (χ0n) is 16.6. The number of hydrogen-bond donors (Lipinski definition) is 5. The SMILES string of the molecule is NCCCN(CCCN)CC[P+](O)(O)OC[C@@H]1CC[C@H](n2ccc(=O)[nH]c2=O)O1. The zero-order chi connectivity index (χ0) is 21.3. The van der Waals surface area contributed by atoms with Crippen molar-refractivity contribution in [1.82, 2.24) is 14.5 Å². The highest BCUT2D eigenvalue weighted by molar-refractivity contribution is 7.59. The minimum Gasteiger partial charge on any atom is -0.352 e. The van der Waals surface area contributed by atoms with Crippen molar-refractivity contribution in [3.8, 4) is 0 Å². The Bertz CT molecular complexity index is 719. The second kappa shape index (κ2) is 11.9. The Morgan fingerprint density at radius 2 is 1.90 bits per heavy atom. The van der Waals surface area contributed by atoms with Crippen LogP contribution in [0.15, 0.2) is 21.9 Å². The van der Waals surface area contributed by atoms with Crippen molar-refractivity contribution >= 4 is 7.94 Å². The van der Waals surface area contributed by atoms with Crippen LogP contribution >= 0.6 is 7.94 Å². The van der Waals surface area contributed by atoms with Crippen LogP contribution in [-0.2, 0) is 9.26 Å². The number of nitrogens with zero attached hydrogens (tertiary/aromatic N) is 2. The Hall–Kier alpha value is -1.17. The molecule has 1 aromatic rings. The van der Waals surface area contributed by atoms with E-state index in [-0.39, 0.29) is 18.9 Å². The molecule has 1 aliphatic heterocycles. The van der Waals surface area contributed by atoms with Gasteiger partial charge in [-0.2, -0.15) is 14.3 Å². The van der Waals surface area contributed by atoms with Crippen LogP contribution in [0.1, 0.15) is 31.9 Å². The largest absolute Gasteiger partial charge is 0.407 e. The van der Waals surface area contributed by atoms with Crippen molar-refractivity contribution < 1.29 is 19.0 Å². The molecule has 0 saturated carbocycles. The maximum Gasteiger partial charge on any atom is 0.407 e. The molecule has 0 radical (unpaired) electrons. The van der Waals surface area contributed by atoms with Gasteiger partial charge in [0.25, 0.3) is 5.56 Å². The normalized spacial score (nSPS) is 19.9. The van der Waals surface area contributed by atoms with Crippen molar-refractivity contribution in [2.75, 3.05) is 45.5 Å². The van der Waals surface area contributed by atoms with Crippen molar-refractivity contribution in [1.29, 1.82) is 0 Å². The van der Waals surface area contributed by atoms with E-state index in [0.717, 1.165) is 25.9 Å². The predicted octanol–water partition coefficient (Wildman–Crippen LogP) is -1.02. The molecule has 1 aliphatic rings. The van der Waals surface area contributed by atoms with Crippen LogP contribution in [0.3, 0.4) is 0 Å². The number of aromatic nitrogens is 2. The second-order valence-corrected chi connectivity index (χ2v) is 9.15. The fraction of sp³-hybridized carbons (Fsp3) is 0.765. The molecule has 166 valence electrons. The van der Waals surface area contributed by atoms with Gasteiger partial charge in [0.15, 0.2) is 6.16 Å². The molecule has 29 heavy (non-hydrogen) atoms. The van der Waals surface area contributed by atoms with Crippen LogP contribution in [-0.4, -0.2) is 75.8 Å². The highest BCUT2D eigenvalue weighted by Crippen LogP contribution is 2.51. The van der Waals surface area contributed by atoms with Crippen LogP contribution < -0.4 is 22.7 Å². The molecule has 0 spiro atoms. The van der Waals surface area contributed by atoms with Crippen molar-refractivity contribution in [3.63, 3.8) is 0 Å². The van der Waals surface area contributed by atoms with Crippen molar-refractivity contribution in [2.24, 2.45) is 11.5 Å². The predicted molar refractivity (Wildman–Crippen MR) is 110 cm³/mol. The van der Waals surface area contributed by atoms with E-state index in [1.165, 1.54) is 16.8 Å². The first kappa shape index (κ1) is 24.1. The van der Waals surface area contributed by atoms with E-state index >= 15 is 0 Å². The molecule has 7 N–H and O–H groups in total. The molecule has 12 heteroatoms. The van der Waals surface area contributed by atoms with E-state index in [0.29, 0.717) is 32.5 Å². The molecule has 1 fully saturated rings. The average Bonchev–Trinajstić information content (AvgIpc) is 3.15. The Balaban J connectivity index is 1.79. The Labute approximate surface area is 170 Å². The molecule has 0 aromatic carbocycles. The van der Waals surface area contributed by atoms with Crippen LogP contribution in [0.4, 0.5) is 0 Å². The molecule has 11 nitrogen and oxygen atoms in total. The minimum absolute atomic E-state index is 0.0288. The van der Waals surface area contributed by atoms with Gasteiger partial charge in [0, 0.05) is 18.8 Å². The Morgan fingerprint density at radius 3 is 2.52 bits per heavy atom. The molecular weight excluding hydrogens is 401 g/mol. The smallest absolute Gasteiger partial charge is 0.352 e. The lowest BCUT2D eigenvalue weighted by Crippen LogP contribution is -2.32. The fourth-order valence-electron chi connectivity index (χ4n) is 3.17. The van der Waals surface area contributed by atoms with E-state index in [2.05, 4.69) is 9.88 Å². The third-order valence-electron chi connectivity index (χ3n) is 4.78. The Morgan fingerprint density at radius 1 is 1.21 bits per heavy atom. The van der Waals surface area contributed by atoms with Gasteiger partial charge in [0.05, 0.1) is 6.10 Å². The van der Waals surface area contributed by atoms with E-state index in [4.69, 9.17) is 20.7 Å². The maximum atomic E-state index is 11.9. The van der Waals surface area contributed by atoms with Gasteiger partial charge >= 0.3 is 13.6 Å². The van der Waals surface area contributed by atoms with E-state index < -0.39 is 25.4 Å². The molecular formula is C17H33N5O6P+. The molecule has 2 heterocycles. The number of hydrogen-bond acceptors (Lipinski definition) is 9. The quantitative estimate of drug-likeness (QED) is 0.244. The summed E-state index contributed by atoms with van der Waals surface area (Å²) >= 11 is 0. The minimum atomic E-state index is -3.52. The van der Waals surface area contributed by atoms with Gasteiger partial charge in [-0.05, 0) is 51.9 Å².